The molecule has 0 bridgehead atoms. The van der Waals surface area contributed by atoms with Crippen LogP contribution in [0.1, 0.15) is 37.8 Å². The van der Waals surface area contributed by atoms with Crippen molar-refractivity contribution in [3.63, 3.8) is 0 Å². The zero-order valence-electron chi connectivity index (χ0n) is 15.9. The molecule has 0 aromatic heterocycles. The number of nitrogens with zero attached hydrogens (tertiary/aromatic N) is 2. The largest absolute Gasteiger partial charge is 0.490 e. The quantitative estimate of drug-likeness (QED) is 0.275. The molecule has 0 atom stereocenters. The molecule has 0 aliphatic heterocycles. The molecular weight excluding hydrogens is 358 g/mol. The molecule has 2 aromatic rings. The Bertz CT molecular complexity index is 748. The lowest BCUT2D eigenvalue weighted by molar-refractivity contribution is 0.272. The molecule has 2 rings (SSSR count). The first-order valence-corrected chi connectivity index (χ1v) is 10.1. The van der Waals surface area contributed by atoms with E-state index in [4.69, 9.17) is 15.2 Å². The topological polar surface area (TPSA) is 69.2 Å². The highest BCUT2D eigenvalue weighted by molar-refractivity contribution is 8.13. The Morgan fingerprint density at radius 1 is 1.07 bits per heavy atom. The Kier molecular flexibility index (Phi) is 9.27. The molecule has 0 spiro atoms. The molecule has 0 unspecified atom stereocenters. The van der Waals surface area contributed by atoms with Crippen molar-refractivity contribution in [2.75, 3.05) is 13.2 Å². The second-order valence-corrected chi connectivity index (χ2v) is 6.79. The van der Waals surface area contributed by atoms with Gasteiger partial charge in [0.25, 0.3) is 0 Å². The summed E-state index contributed by atoms with van der Waals surface area (Å²) in [6.07, 6.45) is 3.77. The van der Waals surface area contributed by atoms with Crippen LogP contribution in [0.15, 0.2) is 58.7 Å². The minimum absolute atomic E-state index is 0.430. The maximum Gasteiger partial charge on any atom is 0.180 e. The molecule has 2 aromatic carbocycles. The van der Waals surface area contributed by atoms with Crippen LogP contribution in [0.4, 0.5) is 0 Å². The number of hydrogen-bond acceptors (Lipinski definition) is 5. The fourth-order valence-corrected chi connectivity index (χ4v) is 2.84. The van der Waals surface area contributed by atoms with Crippen molar-refractivity contribution in [2.24, 2.45) is 15.9 Å². The summed E-state index contributed by atoms with van der Waals surface area (Å²) < 4.78 is 11.5. The van der Waals surface area contributed by atoms with E-state index in [0.717, 1.165) is 29.9 Å². The molecule has 0 heterocycles. The van der Waals surface area contributed by atoms with Gasteiger partial charge in [-0.2, -0.15) is 5.10 Å². The number of ether oxygens (including phenoxy) is 2. The normalized spacial score (nSPS) is 11.7. The first kappa shape index (κ1) is 20.8. The van der Waals surface area contributed by atoms with E-state index in [1.165, 1.54) is 17.3 Å². The van der Waals surface area contributed by atoms with Gasteiger partial charge in [-0.15, -0.1) is 5.10 Å². The van der Waals surface area contributed by atoms with E-state index >= 15 is 0 Å². The number of benzene rings is 2. The lowest BCUT2D eigenvalue weighted by Gasteiger charge is -2.12. The third-order valence-electron chi connectivity index (χ3n) is 3.62. The molecule has 2 N–H and O–H groups in total. The van der Waals surface area contributed by atoms with Crippen molar-refractivity contribution in [3.8, 4) is 11.5 Å². The monoisotopic (exact) mass is 385 g/mol. The van der Waals surface area contributed by atoms with Crippen LogP contribution in [0.5, 0.6) is 11.5 Å². The van der Waals surface area contributed by atoms with E-state index in [0.29, 0.717) is 24.1 Å². The van der Waals surface area contributed by atoms with Gasteiger partial charge in [0.2, 0.25) is 0 Å². The summed E-state index contributed by atoms with van der Waals surface area (Å²) in [5.74, 6) is 2.24. The van der Waals surface area contributed by atoms with Gasteiger partial charge < -0.3 is 15.2 Å². The third-order valence-corrected chi connectivity index (χ3v) is 4.47. The van der Waals surface area contributed by atoms with E-state index in [-0.39, 0.29) is 0 Å². The fraction of sp³-hybridized carbons (Fsp3) is 0.333. The van der Waals surface area contributed by atoms with Gasteiger partial charge in [0.1, 0.15) is 0 Å². The summed E-state index contributed by atoms with van der Waals surface area (Å²) in [5, 5.41) is 8.56. The zero-order valence-corrected chi connectivity index (χ0v) is 16.7. The minimum Gasteiger partial charge on any atom is -0.490 e. The summed E-state index contributed by atoms with van der Waals surface area (Å²) in [6, 6.07) is 15.9. The number of rotatable bonds is 10. The molecular formula is C21H27N3O2S. The van der Waals surface area contributed by atoms with Crippen molar-refractivity contribution in [1.29, 1.82) is 0 Å². The van der Waals surface area contributed by atoms with Crippen molar-refractivity contribution in [2.45, 2.75) is 32.4 Å². The smallest absolute Gasteiger partial charge is 0.180 e. The summed E-state index contributed by atoms with van der Waals surface area (Å²) in [4.78, 5) is 0. The van der Waals surface area contributed by atoms with Gasteiger partial charge in [-0.3, -0.25) is 0 Å². The standard InChI is InChI=1S/C21H27N3O2S/c1-3-5-13-26-19-12-11-18(14-20(19)25-4-2)15-23-24-21(22)27-16-17-9-7-6-8-10-17/h6-12,14-15H,3-5,13,16H2,1-2H3,(H2,22,24). The number of hydrogen-bond donors (Lipinski definition) is 1. The van der Waals surface area contributed by atoms with Gasteiger partial charge in [-0.25, -0.2) is 0 Å². The molecule has 0 saturated heterocycles. The Morgan fingerprint density at radius 3 is 2.63 bits per heavy atom. The van der Waals surface area contributed by atoms with Crippen molar-refractivity contribution >= 4 is 23.1 Å². The van der Waals surface area contributed by atoms with Crippen molar-refractivity contribution < 1.29 is 9.47 Å². The van der Waals surface area contributed by atoms with Crippen LogP contribution in [-0.2, 0) is 5.75 Å². The molecule has 27 heavy (non-hydrogen) atoms. The molecule has 144 valence electrons. The highest BCUT2D eigenvalue weighted by atomic mass is 32.2. The third kappa shape index (κ3) is 7.74. The minimum atomic E-state index is 0.430. The Morgan fingerprint density at radius 2 is 1.89 bits per heavy atom. The molecule has 5 nitrogen and oxygen atoms in total. The Labute approximate surface area is 165 Å². The second-order valence-electron chi connectivity index (χ2n) is 5.80. The fourth-order valence-electron chi connectivity index (χ4n) is 2.23. The van der Waals surface area contributed by atoms with Gasteiger partial charge in [0, 0.05) is 5.75 Å². The predicted octanol–water partition coefficient (Wildman–Crippen LogP) is 4.85. The lowest BCUT2D eigenvalue weighted by atomic mass is 10.2. The zero-order chi connectivity index (χ0) is 19.3. The first-order valence-electron chi connectivity index (χ1n) is 9.15. The molecule has 6 heteroatoms. The van der Waals surface area contributed by atoms with Gasteiger partial charge in [0.15, 0.2) is 16.7 Å². The predicted molar refractivity (Wildman–Crippen MR) is 115 cm³/mol. The summed E-state index contributed by atoms with van der Waals surface area (Å²) in [7, 11) is 0. The van der Waals surface area contributed by atoms with Crippen LogP contribution < -0.4 is 15.2 Å². The molecule has 0 aliphatic carbocycles. The van der Waals surface area contributed by atoms with Crippen LogP contribution in [0.25, 0.3) is 0 Å². The van der Waals surface area contributed by atoms with E-state index < -0.39 is 0 Å². The van der Waals surface area contributed by atoms with Crippen molar-refractivity contribution in [3.05, 3.63) is 59.7 Å². The van der Waals surface area contributed by atoms with E-state index in [1.54, 1.807) is 6.21 Å². The maximum absolute atomic E-state index is 5.91. The van der Waals surface area contributed by atoms with E-state index in [1.807, 2.05) is 43.3 Å². The van der Waals surface area contributed by atoms with Crippen LogP contribution >= 0.6 is 11.8 Å². The van der Waals surface area contributed by atoms with Gasteiger partial charge >= 0.3 is 0 Å². The number of unbranched alkanes of at least 4 members (excludes halogenated alkanes) is 1. The highest BCUT2D eigenvalue weighted by Crippen LogP contribution is 2.28. The number of thioether (sulfide) groups is 1. The maximum atomic E-state index is 5.91. The van der Waals surface area contributed by atoms with Crippen LogP contribution in [0, 0.1) is 0 Å². The molecule has 0 amide bonds. The summed E-state index contributed by atoms with van der Waals surface area (Å²) in [5.41, 5.74) is 7.99. The molecule has 0 fully saturated rings. The summed E-state index contributed by atoms with van der Waals surface area (Å²) >= 11 is 1.46. The van der Waals surface area contributed by atoms with Crippen LogP contribution in [-0.4, -0.2) is 24.6 Å². The highest BCUT2D eigenvalue weighted by Gasteiger charge is 2.05. The molecule has 0 radical (unpaired) electrons. The number of amidine groups is 1. The summed E-state index contributed by atoms with van der Waals surface area (Å²) in [6.45, 7) is 5.34. The number of nitrogens with two attached hydrogens (primary N) is 1. The Balaban J connectivity index is 1.95. The Hall–Kier alpha value is -2.47. The average Bonchev–Trinajstić information content (AvgIpc) is 2.69. The van der Waals surface area contributed by atoms with E-state index in [9.17, 15) is 0 Å². The lowest BCUT2D eigenvalue weighted by Crippen LogP contribution is -2.06. The first-order chi connectivity index (χ1) is 13.2. The van der Waals surface area contributed by atoms with Gasteiger partial charge in [-0.1, -0.05) is 55.4 Å². The van der Waals surface area contributed by atoms with Crippen molar-refractivity contribution in [1.82, 2.24) is 0 Å². The van der Waals surface area contributed by atoms with E-state index in [2.05, 4.69) is 29.3 Å². The van der Waals surface area contributed by atoms with Gasteiger partial charge in [-0.05, 0) is 42.7 Å². The SMILES string of the molecule is CCCCOc1ccc(C=NN=C(N)SCc2ccccc2)cc1OCC. The average molecular weight is 386 g/mol. The van der Waals surface area contributed by atoms with Crippen LogP contribution in [0.2, 0.25) is 0 Å². The second kappa shape index (κ2) is 12.0. The molecule has 0 saturated carbocycles. The van der Waals surface area contributed by atoms with Gasteiger partial charge in [0.05, 0.1) is 19.4 Å². The van der Waals surface area contributed by atoms with Crippen LogP contribution in [0.3, 0.4) is 0 Å². The molecule has 0 aliphatic rings.